The first kappa shape index (κ1) is 17.0. The van der Waals surface area contributed by atoms with Gasteiger partial charge in [0.25, 0.3) is 0 Å². The third-order valence-corrected chi connectivity index (χ3v) is 4.01. The molecular formula is C17H28N2O3. The molecule has 0 bridgehead atoms. The van der Waals surface area contributed by atoms with Crippen LogP contribution in [0.5, 0.6) is 0 Å². The number of ether oxygens (including phenoxy) is 1. The molecule has 1 aliphatic rings. The Balaban J connectivity index is 1.74. The number of aromatic nitrogens is 1. The van der Waals surface area contributed by atoms with Crippen molar-refractivity contribution in [2.24, 2.45) is 5.92 Å². The van der Waals surface area contributed by atoms with Gasteiger partial charge in [-0.2, -0.15) is 0 Å². The van der Waals surface area contributed by atoms with Crippen LogP contribution in [0.4, 0.5) is 0 Å². The van der Waals surface area contributed by atoms with E-state index in [1.165, 1.54) is 0 Å². The summed E-state index contributed by atoms with van der Waals surface area (Å²) < 4.78 is 11.1. The quantitative estimate of drug-likeness (QED) is 0.850. The molecule has 2 heterocycles. The van der Waals surface area contributed by atoms with Crippen molar-refractivity contribution in [3.05, 3.63) is 17.3 Å². The van der Waals surface area contributed by atoms with E-state index >= 15 is 0 Å². The Morgan fingerprint density at radius 1 is 1.32 bits per heavy atom. The molecule has 1 N–H and O–H groups in total. The second-order valence-corrected chi connectivity index (χ2v) is 7.06. The minimum atomic E-state index is -0.0692. The molecule has 0 aromatic carbocycles. The summed E-state index contributed by atoms with van der Waals surface area (Å²) in [5.41, 5.74) is 0.890. The second kappa shape index (κ2) is 7.27. The first-order valence-corrected chi connectivity index (χ1v) is 8.20. The van der Waals surface area contributed by atoms with Crippen molar-refractivity contribution in [1.82, 2.24) is 10.3 Å². The highest BCUT2D eigenvalue weighted by Crippen LogP contribution is 2.24. The Morgan fingerprint density at radius 3 is 2.59 bits per heavy atom. The molecule has 0 radical (unpaired) electrons. The Labute approximate surface area is 132 Å². The van der Waals surface area contributed by atoms with Gasteiger partial charge < -0.3 is 14.5 Å². The molecular weight excluding hydrogens is 280 g/mol. The lowest BCUT2D eigenvalue weighted by Gasteiger charge is -2.21. The molecule has 0 aliphatic carbocycles. The van der Waals surface area contributed by atoms with E-state index in [0.29, 0.717) is 19.8 Å². The lowest BCUT2D eigenvalue weighted by molar-refractivity contribution is -0.127. The van der Waals surface area contributed by atoms with Crippen LogP contribution in [0.25, 0.3) is 0 Å². The van der Waals surface area contributed by atoms with Gasteiger partial charge in [0.05, 0.1) is 5.69 Å². The molecule has 1 aromatic rings. The fraction of sp³-hybridized carbons (Fsp3) is 0.765. The molecule has 5 heteroatoms. The SMILES string of the molecule is Cc1nc(C(C)(C)C)oc1CCCNC(=O)C1CCOCC1. The van der Waals surface area contributed by atoms with Crippen molar-refractivity contribution in [2.45, 2.75) is 58.8 Å². The molecule has 0 spiro atoms. The fourth-order valence-corrected chi connectivity index (χ4v) is 2.55. The van der Waals surface area contributed by atoms with Crippen LogP contribution < -0.4 is 5.32 Å². The zero-order valence-corrected chi connectivity index (χ0v) is 14.2. The number of hydrogen-bond donors (Lipinski definition) is 1. The third-order valence-electron chi connectivity index (χ3n) is 4.01. The average Bonchev–Trinajstić information content (AvgIpc) is 2.86. The topological polar surface area (TPSA) is 64.4 Å². The van der Waals surface area contributed by atoms with E-state index < -0.39 is 0 Å². The molecule has 22 heavy (non-hydrogen) atoms. The molecule has 1 saturated heterocycles. The number of rotatable bonds is 5. The maximum atomic E-state index is 12.0. The van der Waals surface area contributed by atoms with Gasteiger partial charge in [0, 0.05) is 37.5 Å². The largest absolute Gasteiger partial charge is 0.445 e. The van der Waals surface area contributed by atoms with Crippen LogP contribution in [0.2, 0.25) is 0 Å². The van der Waals surface area contributed by atoms with Gasteiger partial charge in [0.15, 0.2) is 5.89 Å². The van der Waals surface area contributed by atoms with Crippen molar-refractivity contribution < 1.29 is 13.9 Å². The number of amides is 1. The van der Waals surface area contributed by atoms with Gasteiger partial charge >= 0.3 is 0 Å². The summed E-state index contributed by atoms with van der Waals surface area (Å²) in [6.07, 6.45) is 3.35. The predicted octanol–water partition coefficient (Wildman–Crippen LogP) is 2.76. The van der Waals surface area contributed by atoms with Crippen LogP contribution in [0.15, 0.2) is 4.42 Å². The Bertz CT molecular complexity index is 496. The van der Waals surface area contributed by atoms with Crippen LogP contribution in [0.1, 0.15) is 57.4 Å². The number of nitrogens with zero attached hydrogens (tertiary/aromatic N) is 1. The van der Waals surface area contributed by atoms with E-state index in [1.807, 2.05) is 6.92 Å². The highest BCUT2D eigenvalue weighted by atomic mass is 16.5. The highest BCUT2D eigenvalue weighted by Gasteiger charge is 2.23. The lowest BCUT2D eigenvalue weighted by Crippen LogP contribution is -2.34. The summed E-state index contributed by atoms with van der Waals surface area (Å²) in [7, 11) is 0. The monoisotopic (exact) mass is 308 g/mol. The van der Waals surface area contributed by atoms with Crippen LogP contribution in [-0.4, -0.2) is 30.6 Å². The highest BCUT2D eigenvalue weighted by molar-refractivity contribution is 5.78. The Kier molecular flexibility index (Phi) is 5.62. The Hall–Kier alpha value is -1.36. The van der Waals surface area contributed by atoms with Crippen molar-refractivity contribution in [3.63, 3.8) is 0 Å². The van der Waals surface area contributed by atoms with Gasteiger partial charge in [-0.3, -0.25) is 4.79 Å². The van der Waals surface area contributed by atoms with E-state index in [1.54, 1.807) is 0 Å². The molecule has 5 nitrogen and oxygen atoms in total. The van der Waals surface area contributed by atoms with Crippen LogP contribution in [-0.2, 0) is 21.4 Å². The molecule has 1 aromatic heterocycles. The smallest absolute Gasteiger partial charge is 0.223 e. The van der Waals surface area contributed by atoms with E-state index in [0.717, 1.165) is 43.0 Å². The van der Waals surface area contributed by atoms with Gasteiger partial charge in [-0.15, -0.1) is 0 Å². The summed E-state index contributed by atoms with van der Waals surface area (Å²) in [6, 6.07) is 0. The third kappa shape index (κ3) is 4.57. The van der Waals surface area contributed by atoms with Crippen molar-refractivity contribution in [1.29, 1.82) is 0 Å². The molecule has 0 atom stereocenters. The van der Waals surface area contributed by atoms with E-state index in [2.05, 4.69) is 31.1 Å². The first-order valence-electron chi connectivity index (χ1n) is 8.20. The van der Waals surface area contributed by atoms with E-state index in [4.69, 9.17) is 9.15 Å². The van der Waals surface area contributed by atoms with Gasteiger partial charge in [0.1, 0.15) is 5.76 Å². The maximum Gasteiger partial charge on any atom is 0.223 e. The molecule has 124 valence electrons. The number of oxazole rings is 1. The van der Waals surface area contributed by atoms with E-state index in [9.17, 15) is 4.79 Å². The van der Waals surface area contributed by atoms with E-state index in [-0.39, 0.29) is 17.2 Å². The molecule has 2 rings (SSSR count). The number of carbonyl (C=O) groups is 1. The summed E-state index contributed by atoms with van der Waals surface area (Å²) in [4.78, 5) is 16.5. The molecule has 0 unspecified atom stereocenters. The predicted molar refractivity (Wildman–Crippen MR) is 84.8 cm³/mol. The summed E-state index contributed by atoms with van der Waals surface area (Å²) in [5, 5.41) is 3.02. The Morgan fingerprint density at radius 2 is 2.00 bits per heavy atom. The average molecular weight is 308 g/mol. The first-order chi connectivity index (χ1) is 10.4. The molecule has 1 fully saturated rings. The number of hydrogen-bond acceptors (Lipinski definition) is 4. The van der Waals surface area contributed by atoms with Crippen molar-refractivity contribution in [2.75, 3.05) is 19.8 Å². The number of aryl methyl sites for hydroxylation is 2. The summed E-state index contributed by atoms with van der Waals surface area (Å²) in [5.74, 6) is 2.00. The van der Waals surface area contributed by atoms with Crippen molar-refractivity contribution >= 4 is 5.91 Å². The minimum absolute atomic E-state index is 0.0692. The van der Waals surface area contributed by atoms with Crippen LogP contribution >= 0.6 is 0 Å². The van der Waals surface area contributed by atoms with Gasteiger partial charge in [-0.25, -0.2) is 4.98 Å². The minimum Gasteiger partial charge on any atom is -0.445 e. The van der Waals surface area contributed by atoms with Crippen LogP contribution in [0, 0.1) is 12.8 Å². The number of carbonyl (C=O) groups excluding carboxylic acids is 1. The second-order valence-electron chi connectivity index (χ2n) is 7.06. The zero-order valence-electron chi connectivity index (χ0n) is 14.2. The van der Waals surface area contributed by atoms with Gasteiger partial charge in [-0.05, 0) is 26.2 Å². The van der Waals surface area contributed by atoms with Crippen molar-refractivity contribution in [3.8, 4) is 0 Å². The standard InChI is InChI=1S/C17H28N2O3/c1-12-14(22-16(19-12)17(2,3)4)6-5-9-18-15(20)13-7-10-21-11-8-13/h13H,5-11H2,1-4H3,(H,18,20). The molecule has 0 saturated carbocycles. The summed E-state index contributed by atoms with van der Waals surface area (Å²) >= 11 is 0. The lowest BCUT2D eigenvalue weighted by atomic mass is 9.97. The van der Waals surface area contributed by atoms with Crippen LogP contribution in [0.3, 0.4) is 0 Å². The fourth-order valence-electron chi connectivity index (χ4n) is 2.55. The summed E-state index contributed by atoms with van der Waals surface area (Å²) in [6.45, 7) is 10.3. The van der Waals surface area contributed by atoms with Gasteiger partial charge in [-0.1, -0.05) is 20.8 Å². The molecule has 1 aliphatic heterocycles. The normalized spacial score (nSPS) is 16.7. The number of nitrogens with one attached hydrogen (secondary N) is 1. The maximum absolute atomic E-state index is 12.0. The van der Waals surface area contributed by atoms with Gasteiger partial charge in [0.2, 0.25) is 5.91 Å². The zero-order chi connectivity index (χ0) is 16.2. The molecule has 1 amide bonds.